The summed E-state index contributed by atoms with van der Waals surface area (Å²) in [6, 6.07) is 6.10. The molecule has 9 heteroatoms. The minimum absolute atomic E-state index is 0.112. The SMILES string of the molecule is CCOC(=O)c1cnn(C)c1C(=O)ON1C(=O)c2ccccc2C1=O. The molecule has 0 saturated carbocycles. The Morgan fingerprint density at radius 2 is 1.68 bits per heavy atom. The Bertz CT molecular complexity index is 866. The molecule has 1 aliphatic rings. The average molecular weight is 343 g/mol. The second kappa shape index (κ2) is 6.19. The van der Waals surface area contributed by atoms with Crippen molar-refractivity contribution in [1.82, 2.24) is 14.8 Å². The summed E-state index contributed by atoms with van der Waals surface area (Å²) in [5.41, 5.74) is -0.0761. The third kappa shape index (κ3) is 2.65. The molecule has 0 radical (unpaired) electrons. The Kier molecular flexibility index (Phi) is 4.05. The number of hydrogen-bond donors (Lipinski definition) is 0. The van der Waals surface area contributed by atoms with Gasteiger partial charge in [-0.05, 0) is 19.1 Å². The first-order chi connectivity index (χ1) is 12.0. The zero-order valence-corrected chi connectivity index (χ0v) is 13.4. The standard InChI is InChI=1S/C16H13N3O6/c1-3-24-15(22)11-8-17-18(2)12(11)16(23)25-19-13(20)9-6-4-5-7-10(9)14(19)21/h4-8H,3H2,1-2H3. The number of rotatable bonds is 4. The van der Waals surface area contributed by atoms with Gasteiger partial charge in [0.05, 0.1) is 23.9 Å². The zero-order valence-electron chi connectivity index (χ0n) is 13.4. The summed E-state index contributed by atoms with van der Waals surface area (Å²) >= 11 is 0. The smallest absolute Gasteiger partial charge is 0.382 e. The third-order valence-corrected chi connectivity index (χ3v) is 3.56. The van der Waals surface area contributed by atoms with Crippen LogP contribution in [0, 0.1) is 0 Å². The van der Waals surface area contributed by atoms with Crippen LogP contribution >= 0.6 is 0 Å². The highest BCUT2D eigenvalue weighted by Crippen LogP contribution is 2.23. The number of ether oxygens (including phenoxy) is 1. The predicted octanol–water partition coefficient (Wildman–Crippen LogP) is 0.965. The van der Waals surface area contributed by atoms with Crippen LogP contribution in [0.25, 0.3) is 0 Å². The normalized spacial score (nSPS) is 13.0. The maximum absolute atomic E-state index is 12.4. The van der Waals surface area contributed by atoms with Gasteiger partial charge in [-0.2, -0.15) is 5.10 Å². The number of aryl methyl sites for hydroxylation is 1. The van der Waals surface area contributed by atoms with Gasteiger partial charge in [0.25, 0.3) is 11.8 Å². The van der Waals surface area contributed by atoms with Crippen molar-refractivity contribution in [2.45, 2.75) is 6.92 Å². The molecule has 1 aromatic heterocycles. The maximum atomic E-state index is 12.4. The lowest BCUT2D eigenvalue weighted by Crippen LogP contribution is -2.33. The van der Waals surface area contributed by atoms with Crippen molar-refractivity contribution in [3.63, 3.8) is 0 Å². The fourth-order valence-corrected chi connectivity index (χ4v) is 2.41. The topological polar surface area (TPSA) is 108 Å². The first-order valence-corrected chi connectivity index (χ1v) is 7.35. The minimum atomic E-state index is -1.07. The van der Waals surface area contributed by atoms with Crippen LogP contribution in [0.5, 0.6) is 0 Å². The number of benzene rings is 1. The van der Waals surface area contributed by atoms with Crippen LogP contribution in [0.1, 0.15) is 48.5 Å². The van der Waals surface area contributed by atoms with Crippen LogP contribution in [0.3, 0.4) is 0 Å². The van der Waals surface area contributed by atoms with Gasteiger partial charge in [0, 0.05) is 7.05 Å². The Hall–Kier alpha value is -3.49. The first kappa shape index (κ1) is 16.4. The zero-order chi connectivity index (χ0) is 18.1. The number of amides is 2. The molecular weight excluding hydrogens is 330 g/mol. The number of esters is 1. The van der Waals surface area contributed by atoms with Gasteiger partial charge >= 0.3 is 11.9 Å². The third-order valence-electron chi connectivity index (χ3n) is 3.56. The van der Waals surface area contributed by atoms with Crippen LogP contribution in [0.4, 0.5) is 0 Å². The average Bonchev–Trinajstić information content (AvgIpc) is 3.09. The molecule has 0 bridgehead atoms. The van der Waals surface area contributed by atoms with E-state index >= 15 is 0 Å². The van der Waals surface area contributed by atoms with E-state index in [0.29, 0.717) is 5.06 Å². The van der Waals surface area contributed by atoms with Gasteiger partial charge in [-0.15, -0.1) is 0 Å². The van der Waals surface area contributed by atoms with Crippen LogP contribution in [-0.4, -0.2) is 45.2 Å². The minimum Gasteiger partial charge on any atom is -0.462 e. The molecule has 1 aromatic carbocycles. The van der Waals surface area contributed by atoms with Crippen molar-refractivity contribution in [2.75, 3.05) is 6.61 Å². The molecular formula is C16H13N3O6. The number of imide groups is 1. The number of carbonyl (C=O) groups excluding carboxylic acids is 4. The molecule has 0 fully saturated rings. The summed E-state index contributed by atoms with van der Waals surface area (Å²) in [5, 5.41) is 4.19. The van der Waals surface area contributed by atoms with E-state index in [-0.39, 0.29) is 29.0 Å². The van der Waals surface area contributed by atoms with Crippen LogP contribution in [0.2, 0.25) is 0 Å². The second-order valence-corrected chi connectivity index (χ2v) is 5.08. The van der Waals surface area contributed by atoms with Gasteiger partial charge in [-0.25, -0.2) is 9.59 Å². The molecule has 0 spiro atoms. The lowest BCUT2D eigenvalue weighted by molar-refractivity contribution is -0.0592. The highest BCUT2D eigenvalue weighted by Gasteiger charge is 2.39. The molecule has 2 heterocycles. The van der Waals surface area contributed by atoms with Crippen molar-refractivity contribution in [3.05, 3.63) is 52.8 Å². The lowest BCUT2D eigenvalue weighted by atomic mass is 10.1. The fraction of sp³-hybridized carbons (Fsp3) is 0.188. The largest absolute Gasteiger partial charge is 0.462 e. The van der Waals surface area contributed by atoms with E-state index < -0.39 is 23.8 Å². The number of carbonyl (C=O) groups is 4. The summed E-state index contributed by atoms with van der Waals surface area (Å²) in [6.45, 7) is 1.73. The lowest BCUT2D eigenvalue weighted by Gasteiger charge is -2.13. The molecule has 9 nitrogen and oxygen atoms in total. The van der Waals surface area contributed by atoms with E-state index in [1.165, 1.54) is 19.2 Å². The van der Waals surface area contributed by atoms with E-state index in [2.05, 4.69) is 5.10 Å². The van der Waals surface area contributed by atoms with Gasteiger partial charge in [0.2, 0.25) is 0 Å². The molecule has 2 amide bonds. The van der Waals surface area contributed by atoms with Crippen LogP contribution in [0.15, 0.2) is 30.5 Å². The van der Waals surface area contributed by atoms with Crippen molar-refractivity contribution in [3.8, 4) is 0 Å². The summed E-state index contributed by atoms with van der Waals surface area (Å²) in [4.78, 5) is 53.7. The molecule has 0 atom stereocenters. The van der Waals surface area contributed by atoms with E-state index in [9.17, 15) is 19.2 Å². The van der Waals surface area contributed by atoms with Gasteiger partial charge in [-0.1, -0.05) is 17.2 Å². The maximum Gasteiger partial charge on any atom is 0.382 e. The van der Waals surface area contributed by atoms with Crippen molar-refractivity contribution >= 4 is 23.8 Å². The summed E-state index contributed by atoms with van der Waals surface area (Å²) in [7, 11) is 1.42. The molecule has 2 aromatic rings. The number of aromatic nitrogens is 2. The predicted molar refractivity (Wildman–Crippen MR) is 81.5 cm³/mol. The van der Waals surface area contributed by atoms with E-state index in [1.54, 1.807) is 19.1 Å². The van der Waals surface area contributed by atoms with Crippen molar-refractivity contribution in [2.24, 2.45) is 7.05 Å². The number of fused-ring (bicyclic) bond motifs is 1. The Morgan fingerprint density at radius 1 is 1.08 bits per heavy atom. The highest BCUT2D eigenvalue weighted by molar-refractivity contribution is 6.21. The number of hydrogen-bond acceptors (Lipinski definition) is 7. The van der Waals surface area contributed by atoms with Gasteiger partial charge in [0.1, 0.15) is 5.56 Å². The molecule has 0 aliphatic carbocycles. The summed E-state index contributed by atoms with van der Waals surface area (Å²) in [6.07, 6.45) is 1.15. The van der Waals surface area contributed by atoms with E-state index in [4.69, 9.17) is 9.57 Å². The molecule has 0 saturated heterocycles. The second-order valence-electron chi connectivity index (χ2n) is 5.08. The summed E-state index contributed by atoms with van der Waals surface area (Å²) < 4.78 is 5.95. The Labute approximate surface area is 141 Å². The van der Waals surface area contributed by atoms with E-state index in [0.717, 1.165) is 10.9 Å². The molecule has 0 unspecified atom stereocenters. The Morgan fingerprint density at radius 3 is 2.24 bits per heavy atom. The van der Waals surface area contributed by atoms with Gasteiger partial charge in [-0.3, -0.25) is 14.3 Å². The number of hydroxylamine groups is 2. The molecule has 128 valence electrons. The Balaban J connectivity index is 1.87. The number of nitrogens with zero attached hydrogens (tertiary/aromatic N) is 3. The molecule has 25 heavy (non-hydrogen) atoms. The van der Waals surface area contributed by atoms with Crippen molar-refractivity contribution < 1.29 is 28.8 Å². The highest BCUT2D eigenvalue weighted by atomic mass is 16.7. The molecule has 1 aliphatic heterocycles. The monoisotopic (exact) mass is 343 g/mol. The quantitative estimate of drug-likeness (QED) is 0.601. The molecule has 3 rings (SSSR count). The molecule has 0 N–H and O–H groups in total. The first-order valence-electron chi connectivity index (χ1n) is 7.35. The van der Waals surface area contributed by atoms with Crippen LogP contribution < -0.4 is 0 Å². The van der Waals surface area contributed by atoms with Gasteiger partial charge in [0.15, 0.2) is 5.69 Å². The summed E-state index contributed by atoms with van der Waals surface area (Å²) in [5.74, 6) is -3.34. The fourth-order valence-electron chi connectivity index (χ4n) is 2.41. The van der Waals surface area contributed by atoms with E-state index in [1.807, 2.05) is 0 Å². The van der Waals surface area contributed by atoms with Crippen molar-refractivity contribution in [1.29, 1.82) is 0 Å². The van der Waals surface area contributed by atoms with Crippen LogP contribution in [-0.2, 0) is 16.6 Å². The van der Waals surface area contributed by atoms with Gasteiger partial charge < -0.3 is 9.57 Å².